The SMILES string of the molecule is CC(=O)N1CCC(NC(=O)c2cncnc2)(OC(=O)O)CC1. The van der Waals surface area contributed by atoms with Crippen LogP contribution in [0, 0.1) is 0 Å². The number of likely N-dealkylation sites (tertiary alicyclic amines) is 1. The highest BCUT2D eigenvalue weighted by Gasteiger charge is 2.40. The molecule has 2 heterocycles. The molecule has 1 fully saturated rings. The van der Waals surface area contributed by atoms with Crippen molar-refractivity contribution in [3.05, 3.63) is 24.3 Å². The number of carboxylic acid groups (broad SMARTS) is 1. The minimum atomic E-state index is -1.49. The summed E-state index contributed by atoms with van der Waals surface area (Å²) in [6.45, 7) is 2.04. The fourth-order valence-electron chi connectivity index (χ4n) is 2.30. The first kappa shape index (κ1) is 15.7. The van der Waals surface area contributed by atoms with Gasteiger partial charge < -0.3 is 20.1 Å². The Bertz CT molecular complexity index is 569. The molecule has 1 aliphatic rings. The minimum Gasteiger partial charge on any atom is -0.450 e. The van der Waals surface area contributed by atoms with Gasteiger partial charge >= 0.3 is 6.16 Å². The molecule has 2 amide bonds. The number of piperidine rings is 1. The van der Waals surface area contributed by atoms with Gasteiger partial charge in [0.1, 0.15) is 6.33 Å². The van der Waals surface area contributed by atoms with Crippen LogP contribution in [-0.2, 0) is 9.53 Å². The molecule has 2 rings (SSSR count). The second-order valence-electron chi connectivity index (χ2n) is 4.95. The van der Waals surface area contributed by atoms with Gasteiger partial charge in [0.15, 0.2) is 5.72 Å². The van der Waals surface area contributed by atoms with Crippen molar-refractivity contribution in [1.29, 1.82) is 0 Å². The molecule has 2 N–H and O–H groups in total. The Labute approximate surface area is 126 Å². The van der Waals surface area contributed by atoms with Crippen LogP contribution in [0.25, 0.3) is 0 Å². The van der Waals surface area contributed by atoms with E-state index in [1.54, 1.807) is 4.90 Å². The van der Waals surface area contributed by atoms with Crippen molar-refractivity contribution in [1.82, 2.24) is 20.2 Å². The fraction of sp³-hybridized carbons (Fsp3) is 0.462. The van der Waals surface area contributed by atoms with Crippen LogP contribution in [0.2, 0.25) is 0 Å². The number of rotatable bonds is 3. The van der Waals surface area contributed by atoms with E-state index in [9.17, 15) is 14.4 Å². The Hall–Kier alpha value is -2.71. The molecule has 0 aliphatic carbocycles. The lowest BCUT2D eigenvalue weighted by atomic mass is 9.99. The zero-order valence-electron chi connectivity index (χ0n) is 12.0. The minimum absolute atomic E-state index is 0.105. The summed E-state index contributed by atoms with van der Waals surface area (Å²) in [7, 11) is 0. The molecular formula is C13H16N4O5. The van der Waals surface area contributed by atoms with Gasteiger partial charge in [-0.1, -0.05) is 0 Å². The van der Waals surface area contributed by atoms with Crippen molar-refractivity contribution in [2.75, 3.05) is 13.1 Å². The van der Waals surface area contributed by atoms with E-state index in [0.29, 0.717) is 13.1 Å². The maximum Gasteiger partial charge on any atom is 0.507 e. The van der Waals surface area contributed by atoms with Crippen LogP contribution in [-0.4, -0.2) is 56.8 Å². The fourth-order valence-corrected chi connectivity index (χ4v) is 2.30. The molecule has 1 saturated heterocycles. The number of ether oxygens (including phenoxy) is 1. The van der Waals surface area contributed by atoms with Crippen molar-refractivity contribution in [2.24, 2.45) is 0 Å². The summed E-state index contributed by atoms with van der Waals surface area (Å²) in [4.78, 5) is 43.5. The quantitative estimate of drug-likeness (QED) is 0.605. The van der Waals surface area contributed by atoms with E-state index in [1.807, 2.05) is 0 Å². The van der Waals surface area contributed by atoms with E-state index in [1.165, 1.54) is 25.6 Å². The molecule has 9 heteroatoms. The van der Waals surface area contributed by atoms with Crippen molar-refractivity contribution in [2.45, 2.75) is 25.5 Å². The van der Waals surface area contributed by atoms with Gasteiger partial charge in [-0.15, -0.1) is 0 Å². The second-order valence-corrected chi connectivity index (χ2v) is 4.95. The van der Waals surface area contributed by atoms with Crippen LogP contribution in [0.1, 0.15) is 30.1 Å². The summed E-state index contributed by atoms with van der Waals surface area (Å²) in [6, 6.07) is 0. The lowest BCUT2D eigenvalue weighted by Crippen LogP contribution is -2.58. The van der Waals surface area contributed by atoms with Gasteiger partial charge in [0, 0.05) is 45.2 Å². The number of amides is 2. The van der Waals surface area contributed by atoms with E-state index in [-0.39, 0.29) is 24.3 Å². The van der Waals surface area contributed by atoms with Gasteiger partial charge in [-0.25, -0.2) is 14.8 Å². The average Bonchev–Trinajstić information content (AvgIpc) is 2.47. The van der Waals surface area contributed by atoms with E-state index < -0.39 is 17.8 Å². The van der Waals surface area contributed by atoms with Gasteiger partial charge in [-0.3, -0.25) is 9.59 Å². The lowest BCUT2D eigenvalue weighted by molar-refractivity contribution is -0.134. The predicted molar refractivity (Wildman–Crippen MR) is 72.8 cm³/mol. The molecule has 22 heavy (non-hydrogen) atoms. The number of nitrogens with one attached hydrogen (secondary N) is 1. The molecule has 1 aliphatic heterocycles. The zero-order valence-corrected chi connectivity index (χ0v) is 12.0. The van der Waals surface area contributed by atoms with Crippen LogP contribution in [0.15, 0.2) is 18.7 Å². The second kappa shape index (κ2) is 6.37. The molecule has 118 valence electrons. The molecule has 0 atom stereocenters. The number of hydrogen-bond acceptors (Lipinski definition) is 6. The van der Waals surface area contributed by atoms with Crippen molar-refractivity contribution in [3.8, 4) is 0 Å². The Morgan fingerprint density at radius 1 is 1.27 bits per heavy atom. The molecule has 9 nitrogen and oxygen atoms in total. The molecule has 0 saturated carbocycles. The van der Waals surface area contributed by atoms with Crippen LogP contribution in [0.5, 0.6) is 0 Å². The third kappa shape index (κ3) is 3.68. The number of aromatic nitrogens is 2. The van der Waals surface area contributed by atoms with Crippen LogP contribution < -0.4 is 5.32 Å². The van der Waals surface area contributed by atoms with E-state index in [2.05, 4.69) is 15.3 Å². The topological polar surface area (TPSA) is 122 Å². The lowest BCUT2D eigenvalue weighted by Gasteiger charge is -2.40. The zero-order chi connectivity index (χ0) is 16.2. The van der Waals surface area contributed by atoms with Gasteiger partial charge in [0.05, 0.1) is 5.56 Å². The number of nitrogens with zero attached hydrogens (tertiary/aromatic N) is 3. The summed E-state index contributed by atoms with van der Waals surface area (Å²) in [5.74, 6) is -0.634. The number of hydrogen-bond donors (Lipinski definition) is 2. The predicted octanol–water partition coefficient (Wildman–Crippen LogP) is 0.240. The molecule has 0 aromatic carbocycles. The molecule has 1 aromatic rings. The largest absolute Gasteiger partial charge is 0.507 e. The van der Waals surface area contributed by atoms with Crippen molar-refractivity contribution < 1.29 is 24.2 Å². The van der Waals surface area contributed by atoms with E-state index >= 15 is 0 Å². The van der Waals surface area contributed by atoms with Gasteiger partial charge in [0.25, 0.3) is 5.91 Å². The third-order valence-electron chi connectivity index (χ3n) is 3.46. The van der Waals surface area contributed by atoms with Crippen LogP contribution in [0.3, 0.4) is 0 Å². The Morgan fingerprint density at radius 2 is 1.86 bits per heavy atom. The third-order valence-corrected chi connectivity index (χ3v) is 3.46. The van der Waals surface area contributed by atoms with Crippen LogP contribution >= 0.6 is 0 Å². The summed E-state index contributed by atoms with van der Waals surface area (Å²) >= 11 is 0. The monoisotopic (exact) mass is 308 g/mol. The summed E-state index contributed by atoms with van der Waals surface area (Å²) in [5, 5.41) is 11.5. The van der Waals surface area contributed by atoms with Gasteiger partial charge in [0.2, 0.25) is 5.91 Å². The maximum atomic E-state index is 12.2. The van der Waals surface area contributed by atoms with E-state index in [0.717, 1.165) is 0 Å². The Kier molecular flexibility index (Phi) is 4.54. The average molecular weight is 308 g/mol. The highest BCUT2D eigenvalue weighted by atomic mass is 16.7. The highest BCUT2D eigenvalue weighted by molar-refractivity contribution is 5.94. The highest BCUT2D eigenvalue weighted by Crippen LogP contribution is 2.24. The number of carbonyl (C=O) groups excluding carboxylic acids is 2. The number of carbonyl (C=O) groups is 3. The smallest absolute Gasteiger partial charge is 0.450 e. The molecule has 0 unspecified atom stereocenters. The molecule has 0 radical (unpaired) electrons. The van der Waals surface area contributed by atoms with E-state index in [4.69, 9.17) is 9.84 Å². The van der Waals surface area contributed by atoms with Gasteiger partial charge in [-0.05, 0) is 0 Å². The molecule has 1 aromatic heterocycles. The molecule has 0 bridgehead atoms. The summed E-state index contributed by atoms with van der Waals surface area (Å²) in [5.41, 5.74) is -1.16. The van der Waals surface area contributed by atoms with Crippen molar-refractivity contribution >= 4 is 18.0 Å². The van der Waals surface area contributed by atoms with Gasteiger partial charge in [-0.2, -0.15) is 0 Å². The summed E-state index contributed by atoms with van der Waals surface area (Å²) < 4.78 is 4.90. The first-order valence-electron chi connectivity index (χ1n) is 6.67. The first-order chi connectivity index (χ1) is 10.4. The van der Waals surface area contributed by atoms with Crippen LogP contribution in [0.4, 0.5) is 4.79 Å². The Morgan fingerprint density at radius 3 is 2.36 bits per heavy atom. The normalized spacial score (nSPS) is 16.7. The first-order valence-corrected chi connectivity index (χ1v) is 6.67. The molecular weight excluding hydrogens is 292 g/mol. The maximum absolute atomic E-state index is 12.2. The summed E-state index contributed by atoms with van der Waals surface area (Å²) in [6.07, 6.45) is 2.80. The Balaban J connectivity index is 2.12. The standard InChI is InChI=1S/C13H16N4O5/c1-9(18)17-4-2-13(3-5-17,22-12(20)21)16-11(19)10-6-14-8-15-7-10/h6-8H,2-5H2,1H3,(H,16,19)(H,20,21). The van der Waals surface area contributed by atoms with Crippen molar-refractivity contribution in [3.63, 3.8) is 0 Å². The molecule has 0 spiro atoms.